The van der Waals surface area contributed by atoms with Crippen LogP contribution >= 0.6 is 11.3 Å². The van der Waals surface area contributed by atoms with Crippen LogP contribution in [0.4, 0.5) is 8.78 Å². The van der Waals surface area contributed by atoms with Gasteiger partial charge < -0.3 is 19.5 Å². The quantitative estimate of drug-likeness (QED) is 0.510. The number of carbonyl (C=O) groups excluding carboxylic acids is 1. The summed E-state index contributed by atoms with van der Waals surface area (Å²) in [7, 11) is 1.53. The van der Waals surface area contributed by atoms with Crippen LogP contribution in [0.25, 0.3) is 0 Å². The van der Waals surface area contributed by atoms with Gasteiger partial charge in [-0.25, -0.2) is 4.39 Å². The monoisotopic (exact) mass is 529 g/mol. The first-order valence-corrected chi connectivity index (χ1v) is 12.5. The second-order valence-corrected chi connectivity index (χ2v) is 9.94. The summed E-state index contributed by atoms with van der Waals surface area (Å²) in [6.45, 7) is 2.07. The number of methoxy groups -OCH3 is 1. The van der Waals surface area contributed by atoms with Crippen LogP contribution in [-0.4, -0.2) is 53.6 Å². The molecule has 3 aromatic rings. The fourth-order valence-corrected chi connectivity index (χ4v) is 5.48. The molecule has 37 heavy (non-hydrogen) atoms. The summed E-state index contributed by atoms with van der Waals surface area (Å²) in [4.78, 5) is 28.3. The van der Waals surface area contributed by atoms with Crippen LogP contribution in [-0.2, 0) is 4.74 Å². The van der Waals surface area contributed by atoms with Gasteiger partial charge in [0.25, 0.3) is 5.91 Å². The third-order valence-corrected chi connectivity index (χ3v) is 7.51. The van der Waals surface area contributed by atoms with E-state index in [0.29, 0.717) is 12.0 Å². The van der Waals surface area contributed by atoms with Crippen LogP contribution in [0.5, 0.6) is 11.5 Å². The Balaban J connectivity index is 1.81. The van der Waals surface area contributed by atoms with Crippen LogP contribution in [0.1, 0.15) is 39.0 Å². The number of nitrogens with zero attached hydrogens (tertiary/aromatic N) is 3. The lowest BCUT2D eigenvalue weighted by Crippen LogP contribution is -2.57. The Labute approximate surface area is 215 Å². The van der Waals surface area contributed by atoms with Gasteiger partial charge in [-0.15, -0.1) is 11.3 Å². The highest BCUT2D eigenvalue weighted by atomic mass is 32.1. The van der Waals surface area contributed by atoms with E-state index in [1.165, 1.54) is 40.3 Å². The van der Waals surface area contributed by atoms with Crippen molar-refractivity contribution in [2.75, 3.05) is 31.9 Å². The lowest BCUT2D eigenvalue weighted by Gasteiger charge is -2.44. The van der Waals surface area contributed by atoms with Crippen molar-refractivity contribution < 1.29 is 28.2 Å². The topological polar surface area (TPSA) is 84.2 Å². The molecule has 2 atom stereocenters. The molecule has 2 bridgehead atoms. The molecule has 11 heteroatoms. The maximum atomic E-state index is 15.2. The predicted molar refractivity (Wildman–Crippen MR) is 134 cm³/mol. The minimum Gasteiger partial charge on any atom is -0.502 e. The molecule has 2 aliphatic rings. The zero-order valence-electron chi connectivity index (χ0n) is 20.2. The summed E-state index contributed by atoms with van der Waals surface area (Å²) in [5.41, 5.74) is 0.176. The van der Waals surface area contributed by atoms with E-state index in [0.717, 1.165) is 22.6 Å². The standard InChI is InChI=1S/C26H25F2N3O5S/c1-15-17(9-12-37-15)22-18-6-7-19(27)21(28)25(18)36-11-4-3-5-16(35-2)13-29-14-31(22)30-10-8-20(32)24(33)23(30)26(29)34/h3-4,6-10,12,16,22,33H,5,11,13-14H2,1-2H3/b4-3+. The molecular formula is C26H25F2N3O5S. The van der Waals surface area contributed by atoms with Gasteiger partial charge in [0.15, 0.2) is 23.0 Å². The molecule has 194 valence electrons. The predicted octanol–water partition coefficient (Wildman–Crippen LogP) is 3.70. The molecule has 2 aromatic heterocycles. The molecule has 2 unspecified atom stereocenters. The van der Waals surface area contributed by atoms with Crippen LogP contribution in [0, 0.1) is 18.6 Å². The average molecular weight is 530 g/mol. The number of aryl methyl sites for hydroxylation is 1. The number of hydrogen-bond donors (Lipinski definition) is 1. The van der Waals surface area contributed by atoms with E-state index >= 15 is 4.39 Å². The van der Waals surface area contributed by atoms with Crippen LogP contribution in [0.15, 0.2) is 52.8 Å². The third kappa shape index (κ3) is 4.38. The Morgan fingerprint density at radius 3 is 2.68 bits per heavy atom. The zero-order valence-corrected chi connectivity index (χ0v) is 21.0. The third-order valence-electron chi connectivity index (χ3n) is 6.65. The molecule has 0 aliphatic carbocycles. The van der Waals surface area contributed by atoms with E-state index in [4.69, 9.17) is 9.47 Å². The minimum atomic E-state index is -1.12. The van der Waals surface area contributed by atoms with Crippen molar-refractivity contribution in [2.24, 2.45) is 0 Å². The Kier molecular flexibility index (Phi) is 6.74. The van der Waals surface area contributed by atoms with Crippen molar-refractivity contribution in [3.8, 4) is 11.5 Å². The van der Waals surface area contributed by atoms with Crippen molar-refractivity contribution in [1.82, 2.24) is 9.58 Å². The lowest BCUT2D eigenvalue weighted by atomic mass is 9.97. The number of halogens is 2. The first kappa shape index (κ1) is 25.0. The van der Waals surface area contributed by atoms with Crippen molar-refractivity contribution in [3.63, 3.8) is 0 Å². The van der Waals surface area contributed by atoms with Crippen LogP contribution in [0.3, 0.4) is 0 Å². The highest BCUT2D eigenvalue weighted by molar-refractivity contribution is 7.10. The fourth-order valence-electron chi connectivity index (χ4n) is 4.75. The Hall–Kier alpha value is -3.70. The van der Waals surface area contributed by atoms with Gasteiger partial charge in [0.2, 0.25) is 11.2 Å². The second kappa shape index (κ2) is 9.98. The largest absolute Gasteiger partial charge is 0.502 e. The number of aromatic nitrogens is 1. The van der Waals surface area contributed by atoms with Gasteiger partial charge in [-0.2, -0.15) is 4.39 Å². The molecule has 0 saturated heterocycles. The highest BCUT2D eigenvalue weighted by Gasteiger charge is 2.39. The van der Waals surface area contributed by atoms with Gasteiger partial charge in [-0.3, -0.25) is 19.3 Å². The Morgan fingerprint density at radius 2 is 1.95 bits per heavy atom. The molecular weight excluding hydrogens is 504 g/mol. The van der Waals surface area contributed by atoms with E-state index in [-0.39, 0.29) is 31.3 Å². The summed E-state index contributed by atoms with van der Waals surface area (Å²) >= 11 is 1.48. The molecule has 8 nitrogen and oxygen atoms in total. The number of ether oxygens (including phenoxy) is 2. The van der Waals surface area contributed by atoms with Gasteiger partial charge in [0.1, 0.15) is 19.3 Å². The van der Waals surface area contributed by atoms with E-state index in [1.807, 2.05) is 18.4 Å². The molecule has 1 N–H and O–H groups in total. The fraction of sp³-hybridized carbons (Fsp3) is 0.308. The van der Waals surface area contributed by atoms with Gasteiger partial charge >= 0.3 is 0 Å². The molecule has 0 spiro atoms. The van der Waals surface area contributed by atoms with Crippen molar-refractivity contribution in [3.05, 3.63) is 91.6 Å². The number of amides is 1. The second-order valence-electron chi connectivity index (χ2n) is 8.82. The molecule has 0 radical (unpaired) electrons. The number of thiophene rings is 1. The first-order valence-electron chi connectivity index (χ1n) is 11.6. The number of pyridine rings is 1. The minimum absolute atomic E-state index is 0.00808. The molecule has 0 fully saturated rings. The SMILES string of the molecule is COC1C/C=C/COc2c(ccc(F)c2F)C(c2ccsc2C)N2CN(C1)C(=O)c1c(O)c(=O)ccn12. The van der Waals surface area contributed by atoms with E-state index in [9.17, 15) is 19.1 Å². The van der Waals surface area contributed by atoms with Gasteiger partial charge in [0.05, 0.1) is 6.10 Å². The Bertz CT molecular complexity index is 1440. The van der Waals surface area contributed by atoms with Gasteiger partial charge in [0, 0.05) is 36.4 Å². The first-order chi connectivity index (χ1) is 17.8. The lowest BCUT2D eigenvalue weighted by molar-refractivity contribution is 0.0415. The summed E-state index contributed by atoms with van der Waals surface area (Å²) in [5.74, 6) is -3.67. The van der Waals surface area contributed by atoms with Gasteiger partial charge in [-0.05, 0) is 42.5 Å². The number of fused-ring (bicyclic) bond motifs is 5. The number of aromatic hydroxyl groups is 1. The van der Waals surface area contributed by atoms with E-state index < -0.39 is 40.9 Å². The van der Waals surface area contributed by atoms with Crippen molar-refractivity contribution >= 4 is 17.2 Å². The molecule has 2 aliphatic heterocycles. The maximum absolute atomic E-state index is 15.2. The zero-order chi connectivity index (χ0) is 26.3. The van der Waals surface area contributed by atoms with Crippen LogP contribution in [0.2, 0.25) is 0 Å². The summed E-state index contributed by atoms with van der Waals surface area (Å²) in [6, 6.07) is 4.76. The van der Waals surface area contributed by atoms with E-state index in [1.54, 1.807) is 17.2 Å². The number of carbonyl (C=O) groups is 1. The summed E-state index contributed by atoms with van der Waals surface area (Å²) < 4.78 is 42.4. The highest BCUT2D eigenvalue weighted by Crippen LogP contribution is 2.41. The number of rotatable bonds is 2. The number of hydrogen-bond acceptors (Lipinski definition) is 7. The molecule has 5 rings (SSSR count). The summed E-state index contributed by atoms with van der Waals surface area (Å²) in [6.07, 6.45) is 4.89. The number of benzene rings is 1. The van der Waals surface area contributed by atoms with Crippen LogP contribution < -0.4 is 15.2 Å². The normalized spacial score (nSPS) is 20.7. The maximum Gasteiger partial charge on any atom is 0.277 e. The van der Waals surface area contributed by atoms with E-state index in [2.05, 4.69) is 0 Å². The molecule has 1 amide bonds. The van der Waals surface area contributed by atoms with Crippen molar-refractivity contribution in [2.45, 2.75) is 25.5 Å². The smallest absolute Gasteiger partial charge is 0.277 e. The molecule has 1 aromatic carbocycles. The van der Waals surface area contributed by atoms with Crippen molar-refractivity contribution in [1.29, 1.82) is 0 Å². The van der Waals surface area contributed by atoms with Gasteiger partial charge in [-0.1, -0.05) is 12.2 Å². The average Bonchev–Trinajstić information content (AvgIpc) is 3.30. The Morgan fingerprint density at radius 1 is 1.14 bits per heavy atom. The molecule has 0 saturated carbocycles. The molecule has 4 heterocycles. The summed E-state index contributed by atoms with van der Waals surface area (Å²) in [5, 5.41) is 14.3.